The van der Waals surface area contributed by atoms with Gasteiger partial charge in [-0.1, -0.05) is 6.07 Å². The number of carbonyl (C=O) groups is 2. The molecule has 0 saturated heterocycles. The Morgan fingerprint density at radius 3 is 2.60 bits per heavy atom. The number of hydrogen-bond acceptors (Lipinski definition) is 5. The van der Waals surface area contributed by atoms with Gasteiger partial charge in [0, 0.05) is 4.88 Å². The molecule has 1 aliphatic heterocycles. The van der Waals surface area contributed by atoms with Gasteiger partial charge in [0.1, 0.15) is 4.90 Å². The third kappa shape index (κ3) is 1.95. The number of benzene rings is 1. The van der Waals surface area contributed by atoms with Crippen LogP contribution in [0.2, 0.25) is 0 Å². The minimum absolute atomic E-state index is 0.00500. The van der Waals surface area contributed by atoms with E-state index in [0.717, 1.165) is 4.88 Å². The highest BCUT2D eigenvalue weighted by molar-refractivity contribution is 7.90. The van der Waals surface area contributed by atoms with E-state index in [1.54, 1.807) is 18.2 Å². The van der Waals surface area contributed by atoms with Gasteiger partial charge >= 0.3 is 0 Å². The van der Waals surface area contributed by atoms with Crippen molar-refractivity contribution in [3.8, 4) is 10.4 Å². The Morgan fingerprint density at radius 2 is 1.95 bits per heavy atom. The summed E-state index contributed by atoms with van der Waals surface area (Å²) in [7, 11) is -3.71. The smallest absolute Gasteiger partial charge is 0.266 e. The van der Waals surface area contributed by atoms with E-state index >= 15 is 0 Å². The van der Waals surface area contributed by atoms with Crippen molar-refractivity contribution < 1.29 is 18.0 Å². The molecule has 3 rings (SSSR count). The van der Waals surface area contributed by atoms with Crippen LogP contribution < -0.4 is 4.72 Å². The summed E-state index contributed by atoms with van der Waals surface area (Å²) in [5, 5.41) is 0. The van der Waals surface area contributed by atoms with Crippen molar-refractivity contribution in [1.82, 2.24) is 4.72 Å². The van der Waals surface area contributed by atoms with Crippen molar-refractivity contribution >= 4 is 33.1 Å². The van der Waals surface area contributed by atoms with Gasteiger partial charge in [-0.2, -0.15) is 0 Å². The Balaban J connectivity index is 2.12. The van der Waals surface area contributed by atoms with Crippen LogP contribution in [0.5, 0.6) is 0 Å². The van der Waals surface area contributed by atoms with Gasteiger partial charge in [-0.3, -0.25) is 9.59 Å². The van der Waals surface area contributed by atoms with Crippen LogP contribution in [0.1, 0.15) is 27.0 Å². The Kier molecular flexibility index (Phi) is 2.77. The molecule has 2 heterocycles. The zero-order chi connectivity index (χ0) is 14.5. The minimum Gasteiger partial charge on any atom is -0.294 e. The number of thiophene rings is 1. The predicted molar refractivity (Wildman–Crippen MR) is 74.4 cm³/mol. The lowest BCUT2D eigenvalue weighted by molar-refractivity contribution is 0.0983. The maximum Gasteiger partial charge on any atom is 0.266 e. The van der Waals surface area contributed by atoms with Crippen molar-refractivity contribution in [3.63, 3.8) is 0 Å². The van der Waals surface area contributed by atoms with Gasteiger partial charge in [0.05, 0.1) is 10.4 Å². The first-order valence-corrected chi connectivity index (χ1v) is 8.01. The number of rotatable bonds is 2. The number of carbonyl (C=O) groups excluding carboxylic acids is 2. The molecule has 7 heteroatoms. The molecule has 102 valence electrons. The van der Waals surface area contributed by atoms with Crippen molar-refractivity contribution in [2.24, 2.45) is 0 Å². The van der Waals surface area contributed by atoms with E-state index in [0.29, 0.717) is 10.4 Å². The highest BCUT2D eigenvalue weighted by Crippen LogP contribution is 2.32. The lowest BCUT2D eigenvalue weighted by atomic mass is 10.1. The molecule has 0 atom stereocenters. The monoisotopic (exact) mass is 307 g/mol. The minimum atomic E-state index is -3.71. The van der Waals surface area contributed by atoms with Crippen molar-refractivity contribution in [1.29, 1.82) is 0 Å². The van der Waals surface area contributed by atoms with Gasteiger partial charge in [-0.15, -0.1) is 11.3 Å². The fourth-order valence-electron chi connectivity index (χ4n) is 2.01. The molecule has 1 aromatic heterocycles. The fraction of sp³-hybridized carbons (Fsp3) is 0.0769. The van der Waals surface area contributed by atoms with Crippen LogP contribution in [0.25, 0.3) is 10.4 Å². The summed E-state index contributed by atoms with van der Waals surface area (Å²) >= 11 is 1.31. The van der Waals surface area contributed by atoms with Gasteiger partial charge in [0.15, 0.2) is 5.78 Å². The van der Waals surface area contributed by atoms with Crippen LogP contribution >= 0.6 is 11.3 Å². The van der Waals surface area contributed by atoms with E-state index < -0.39 is 15.9 Å². The summed E-state index contributed by atoms with van der Waals surface area (Å²) in [5.41, 5.74) is 0.855. The summed E-state index contributed by atoms with van der Waals surface area (Å²) in [4.78, 5) is 24.4. The second-order valence-corrected chi connectivity index (χ2v) is 7.10. The third-order valence-electron chi connectivity index (χ3n) is 2.98. The molecule has 0 aliphatic carbocycles. The van der Waals surface area contributed by atoms with Gasteiger partial charge in [-0.25, -0.2) is 13.1 Å². The Bertz CT molecular complexity index is 849. The molecular formula is C13H9NO4S2. The normalized spacial score (nSPS) is 15.8. The van der Waals surface area contributed by atoms with E-state index in [2.05, 4.69) is 0 Å². The molecule has 0 unspecified atom stereocenters. The molecular weight excluding hydrogens is 298 g/mol. The molecule has 0 spiro atoms. The number of sulfonamides is 1. The molecule has 1 N–H and O–H groups in total. The molecule has 2 aromatic rings. The van der Waals surface area contributed by atoms with Gasteiger partial charge in [0.2, 0.25) is 0 Å². The molecule has 5 nitrogen and oxygen atoms in total. The first-order valence-electron chi connectivity index (χ1n) is 5.71. The maximum absolute atomic E-state index is 11.6. The van der Waals surface area contributed by atoms with E-state index in [9.17, 15) is 18.0 Å². The molecule has 0 saturated carbocycles. The number of hydrogen-bond donors (Lipinski definition) is 1. The van der Waals surface area contributed by atoms with Crippen LogP contribution in [0.4, 0.5) is 0 Å². The molecule has 1 aromatic carbocycles. The predicted octanol–water partition coefficient (Wildman–Crippen LogP) is 2.05. The molecule has 0 fully saturated rings. The molecule has 0 radical (unpaired) electrons. The second-order valence-electron chi connectivity index (χ2n) is 4.37. The largest absolute Gasteiger partial charge is 0.294 e. The summed E-state index contributed by atoms with van der Waals surface area (Å²) < 4.78 is 25.2. The number of Topliss-reactive ketones (excluding diaryl/α,β-unsaturated/α-hetero) is 1. The van der Waals surface area contributed by atoms with E-state index in [1.807, 2.05) is 4.72 Å². The first-order chi connectivity index (χ1) is 9.38. The number of fused-ring (bicyclic) bond motifs is 1. The number of ketones is 1. The van der Waals surface area contributed by atoms with Crippen LogP contribution in [-0.4, -0.2) is 20.1 Å². The zero-order valence-corrected chi connectivity index (χ0v) is 12.0. The number of nitrogens with one attached hydrogen (secondary N) is 1. The number of amides is 1. The average Bonchev–Trinajstić information content (AvgIpc) is 2.94. The van der Waals surface area contributed by atoms with E-state index in [-0.39, 0.29) is 16.2 Å². The molecule has 1 aliphatic rings. The topological polar surface area (TPSA) is 80.3 Å². The van der Waals surface area contributed by atoms with E-state index in [1.165, 1.54) is 30.4 Å². The fourth-order valence-corrected chi connectivity index (χ4v) is 4.06. The second kappa shape index (κ2) is 4.26. The Hall–Kier alpha value is -1.99. The highest BCUT2D eigenvalue weighted by Gasteiger charge is 2.32. The van der Waals surface area contributed by atoms with Crippen LogP contribution in [0.15, 0.2) is 35.2 Å². The lowest BCUT2D eigenvalue weighted by Crippen LogP contribution is -2.20. The highest BCUT2D eigenvalue weighted by atomic mass is 32.2. The summed E-state index contributed by atoms with van der Waals surface area (Å²) in [6.07, 6.45) is 0. The zero-order valence-electron chi connectivity index (χ0n) is 10.3. The molecule has 1 amide bonds. The van der Waals surface area contributed by atoms with Crippen LogP contribution in [0, 0.1) is 0 Å². The summed E-state index contributed by atoms with van der Waals surface area (Å²) in [5.74, 6) is -0.645. The quantitative estimate of drug-likeness (QED) is 0.861. The first kappa shape index (κ1) is 13.0. The standard InChI is InChI=1S/C13H9NO4S2/c1-7(15)10-3-4-11(19-10)8-2-5-12-9(6-8)13(16)14-20(12,17)18/h2-6H,1H3,(H,14,16). The van der Waals surface area contributed by atoms with Crippen LogP contribution in [0.3, 0.4) is 0 Å². The van der Waals surface area contributed by atoms with Gasteiger partial charge < -0.3 is 0 Å². The van der Waals surface area contributed by atoms with Crippen molar-refractivity contribution in [2.45, 2.75) is 11.8 Å². The van der Waals surface area contributed by atoms with Gasteiger partial charge in [-0.05, 0) is 36.8 Å². The third-order valence-corrected chi connectivity index (χ3v) is 5.60. The Morgan fingerprint density at radius 1 is 1.20 bits per heavy atom. The molecule has 0 bridgehead atoms. The van der Waals surface area contributed by atoms with Crippen molar-refractivity contribution in [2.75, 3.05) is 0 Å². The Labute approximate surface area is 119 Å². The maximum atomic E-state index is 11.6. The lowest BCUT2D eigenvalue weighted by Gasteiger charge is -1.99. The summed E-state index contributed by atoms with van der Waals surface area (Å²) in [6.45, 7) is 1.48. The van der Waals surface area contributed by atoms with Crippen LogP contribution in [-0.2, 0) is 10.0 Å². The average molecular weight is 307 g/mol. The van der Waals surface area contributed by atoms with Gasteiger partial charge in [0.25, 0.3) is 15.9 Å². The van der Waals surface area contributed by atoms with E-state index in [4.69, 9.17) is 0 Å². The summed E-state index contributed by atoms with van der Waals surface area (Å²) in [6, 6.07) is 8.07. The molecule has 20 heavy (non-hydrogen) atoms. The SMILES string of the molecule is CC(=O)c1ccc(-c2ccc3c(c2)C(=O)NS3(=O)=O)s1. The van der Waals surface area contributed by atoms with Crippen molar-refractivity contribution in [3.05, 3.63) is 40.8 Å².